The summed E-state index contributed by atoms with van der Waals surface area (Å²) >= 11 is 0. The predicted molar refractivity (Wildman–Crippen MR) is 58.2 cm³/mol. The molecule has 4 nitrogen and oxygen atoms in total. The summed E-state index contributed by atoms with van der Waals surface area (Å²) in [5.74, 6) is 0. The molecule has 1 rings (SSSR count). The molecule has 1 aromatic carbocycles. The molecule has 6 heteroatoms. The van der Waals surface area contributed by atoms with E-state index in [-0.39, 0.29) is 0 Å². The molecule has 78 valence electrons. The number of nitrogens with zero attached hydrogens (tertiary/aromatic N) is 1. The highest BCUT2D eigenvalue weighted by Crippen LogP contribution is 2.25. The summed E-state index contributed by atoms with van der Waals surface area (Å²) in [6.07, 6.45) is 0. The van der Waals surface area contributed by atoms with Gasteiger partial charge in [-0.15, -0.1) is 0 Å². The summed E-state index contributed by atoms with van der Waals surface area (Å²) in [5.41, 5.74) is 0.977. The van der Waals surface area contributed by atoms with Crippen molar-refractivity contribution in [2.45, 2.75) is 4.90 Å². The third kappa shape index (κ3) is 3.57. The van der Waals surface area contributed by atoms with Crippen molar-refractivity contribution in [1.82, 2.24) is 0 Å². The van der Waals surface area contributed by atoms with Crippen LogP contribution in [-0.4, -0.2) is 27.1 Å². The molecule has 14 heavy (non-hydrogen) atoms. The number of hydrogen-bond donors (Lipinski definition) is 1. The lowest BCUT2D eigenvalue weighted by molar-refractivity contribution is 0.503. The molecule has 0 atom stereocenters. The van der Waals surface area contributed by atoms with Crippen LogP contribution in [0.4, 0.5) is 5.69 Å². The van der Waals surface area contributed by atoms with Crippen LogP contribution < -0.4 is 4.90 Å². The molecule has 0 saturated heterocycles. The number of hydrogen-bond acceptors (Lipinski definition) is 4. The van der Waals surface area contributed by atoms with Crippen LogP contribution in [0.1, 0.15) is 0 Å². The number of benzene rings is 1. The van der Waals surface area contributed by atoms with Gasteiger partial charge >= 0.3 is 9.15 Å². The highest BCUT2D eigenvalue weighted by Gasteiger charge is 2.07. The quantitative estimate of drug-likeness (QED) is 0.635. The van der Waals surface area contributed by atoms with Gasteiger partial charge in [0.1, 0.15) is 0 Å². The van der Waals surface area contributed by atoms with Gasteiger partial charge in [-0.25, -0.2) is 0 Å². The van der Waals surface area contributed by atoms with Gasteiger partial charge in [0.25, 0.3) is 0 Å². The van der Waals surface area contributed by atoms with E-state index in [1.165, 1.54) is 0 Å². The fourth-order valence-electron chi connectivity index (χ4n) is 0.921. The lowest BCUT2D eigenvalue weighted by Crippen LogP contribution is -2.07. The summed E-state index contributed by atoms with van der Waals surface area (Å²) < 4.78 is 29.6. The second-order valence-corrected chi connectivity index (χ2v) is 6.16. The smallest absolute Gasteiger partial charge is 0.324 e. The molecule has 0 aromatic heterocycles. The van der Waals surface area contributed by atoms with Crippen molar-refractivity contribution in [1.29, 1.82) is 0 Å². The maximum atomic E-state index is 10.5. The molecule has 1 aromatic rings. The van der Waals surface area contributed by atoms with E-state index >= 15 is 0 Å². The minimum atomic E-state index is -4.01. The van der Waals surface area contributed by atoms with Crippen LogP contribution in [0.25, 0.3) is 0 Å². The second kappa shape index (κ2) is 4.20. The van der Waals surface area contributed by atoms with E-state index in [1.54, 1.807) is 24.3 Å². The number of rotatable bonds is 3. The topological polar surface area (TPSA) is 57.6 Å². The Morgan fingerprint density at radius 3 is 2.07 bits per heavy atom. The van der Waals surface area contributed by atoms with Crippen LogP contribution >= 0.6 is 10.8 Å². The molecule has 0 aliphatic heterocycles. The molecular weight excluding hydrogens is 222 g/mol. The summed E-state index contributed by atoms with van der Waals surface area (Å²) in [5, 5.41) is 0. The first-order chi connectivity index (χ1) is 6.38. The van der Waals surface area contributed by atoms with Gasteiger partial charge in [0.05, 0.1) is 0 Å². The Morgan fingerprint density at radius 1 is 1.21 bits per heavy atom. The van der Waals surface area contributed by atoms with Crippen LogP contribution in [0.5, 0.6) is 0 Å². The second-order valence-electron chi connectivity index (χ2n) is 2.90. The molecular formula is C8H11NO3S2. The van der Waals surface area contributed by atoms with Gasteiger partial charge in [-0.1, -0.05) is 0 Å². The van der Waals surface area contributed by atoms with Crippen molar-refractivity contribution in [3.8, 4) is 0 Å². The normalized spacial score (nSPS) is 11.4. The average molecular weight is 233 g/mol. The third-order valence-electron chi connectivity index (χ3n) is 1.55. The van der Waals surface area contributed by atoms with Crippen molar-refractivity contribution in [3.63, 3.8) is 0 Å². The Labute approximate surface area is 87.1 Å². The summed E-state index contributed by atoms with van der Waals surface area (Å²) in [7, 11) is 0.211. The zero-order valence-corrected chi connectivity index (χ0v) is 9.47. The molecule has 1 N–H and O–H groups in total. The molecule has 0 spiro atoms. The van der Waals surface area contributed by atoms with Gasteiger partial charge < -0.3 is 4.90 Å². The molecule has 0 radical (unpaired) electrons. The Bertz CT molecular complexity index is 397. The Hall–Kier alpha value is -0.720. The van der Waals surface area contributed by atoms with E-state index in [0.29, 0.717) is 15.7 Å². The molecule has 0 fully saturated rings. The van der Waals surface area contributed by atoms with E-state index in [9.17, 15) is 8.42 Å². The maximum absolute atomic E-state index is 10.5. The van der Waals surface area contributed by atoms with Crippen LogP contribution in [0.3, 0.4) is 0 Å². The van der Waals surface area contributed by atoms with Gasteiger partial charge in [0, 0.05) is 35.5 Å². The maximum Gasteiger partial charge on any atom is 0.324 e. The van der Waals surface area contributed by atoms with Gasteiger partial charge in [0.15, 0.2) is 0 Å². The van der Waals surface area contributed by atoms with Crippen LogP contribution in [0, 0.1) is 0 Å². The van der Waals surface area contributed by atoms with Crippen molar-refractivity contribution in [2.24, 2.45) is 0 Å². The van der Waals surface area contributed by atoms with E-state index in [2.05, 4.69) is 0 Å². The zero-order chi connectivity index (χ0) is 10.8. The van der Waals surface area contributed by atoms with Crippen molar-refractivity contribution in [2.75, 3.05) is 19.0 Å². The zero-order valence-electron chi connectivity index (χ0n) is 7.84. The van der Waals surface area contributed by atoms with Crippen LogP contribution in [0.15, 0.2) is 29.2 Å². The van der Waals surface area contributed by atoms with E-state index in [1.807, 2.05) is 19.0 Å². The first-order valence-corrected chi connectivity index (χ1v) is 6.60. The molecule has 0 amide bonds. The molecule has 0 unspecified atom stereocenters. The van der Waals surface area contributed by atoms with Gasteiger partial charge in [-0.05, 0) is 24.3 Å². The van der Waals surface area contributed by atoms with Gasteiger partial charge in [-0.3, -0.25) is 4.55 Å². The fraction of sp³-hybridized carbons (Fsp3) is 0.250. The predicted octanol–water partition coefficient (Wildman–Crippen LogP) is 1.65. The largest absolute Gasteiger partial charge is 0.378 e. The first kappa shape index (κ1) is 11.4. The van der Waals surface area contributed by atoms with E-state index in [4.69, 9.17) is 4.55 Å². The standard InChI is InChI=1S/C8H11NO3S2/c1-9(2)7-3-5-8(6-4-7)13-14(10,11)12/h3-6H,1-2H3,(H,10,11,12). The minimum absolute atomic E-state index is 0.430. The van der Waals surface area contributed by atoms with Crippen molar-refractivity contribution < 1.29 is 13.0 Å². The van der Waals surface area contributed by atoms with Crippen molar-refractivity contribution >= 4 is 25.6 Å². The molecule has 0 aliphatic rings. The SMILES string of the molecule is CN(C)c1ccc(SS(=O)(=O)O)cc1. The lowest BCUT2D eigenvalue weighted by Gasteiger charge is -2.11. The highest BCUT2D eigenvalue weighted by molar-refractivity contribution is 8.69. The monoisotopic (exact) mass is 233 g/mol. The molecule has 0 heterocycles. The molecule has 0 aliphatic carbocycles. The Morgan fingerprint density at radius 2 is 1.71 bits per heavy atom. The lowest BCUT2D eigenvalue weighted by atomic mass is 10.3. The number of anilines is 1. The molecule has 0 saturated carbocycles. The van der Waals surface area contributed by atoms with Gasteiger partial charge in [-0.2, -0.15) is 8.42 Å². The fourth-order valence-corrected chi connectivity index (χ4v) is 2.47. The highest BCUT2D eigenvalue weighted by atomic mass is 33.1. The first-order valence-electron chi connectivity index (χ1n) is 3.83. The van der Waals surface area contributed by atoms with E-state index < -0.39 is 9.15 Å². The summed E-state index contributed by atoms with van der Waals surface area (Å²) in [6, 6.07) is 6.86. The summed E-state index contributed by atoms with van der Waals surface area (Å²) in [4.78, 5) is 2.40. The Balaban J connectivity index is 2.84. The van der Waals surface area contributed by atoms with E-state index in [0.717, 1.165) is 5.69 Å². The average Bonchev–Trinajstić information content (AvgIpc) is 2.02. The van der Waals surface area contributed by atoms with Crippen LogP contribution in [-0.2, 0) is 9.15 Å². The van der Waals surface area contributed by atoms with Crippen LogP contribution in [0.2, 0.25) is 0 Å². The third-order valence-corrected chi connectivity index (χ3v) is 3.44. The van der Waals surface area contributed by atoms with Gasteiger partial charge in [0.2, 0.25) is 0 Å². The molecule has 0 bridgehead atoms. The minimum Gasteiger partial charge on any atom is -0.378 e. The van der Waals surface area contributed by atoms with Crippen molar-refractivity contribution in [3.05, 3.63) is 24.3 Å². The Kier molecular flexibility index (Phi) is 3.41. The summed E-state index contributed by atoms with van der Waals surface area (Å²) in [6.45, 7) is 0.